The van der Waals surface area contributed by atoms with E-state index in [-0.39, 0.29) is 36.7 Å². The van der Waals surface area contributed by atoms with Crippen molar-refractivity contribution in [3.8, 4) is 11.1 Å². The van der Waals surface area contributed by atoms with Gasteiger partial charge in [-0.1, -0.05) is 55.0 Å². The second-order valence-electron chi connectivity index (χ2n) is 9.28. The van der Waals surface area contributed by atoms with Crippen molar-refractivity contribution in [2.75, 3.05) is 13.2 Å². The lowest BCUT2D eigenvalue weighted by Crippen LogP contribution is -2.46. The second kappa shape index (κ2) is 9.65. The first-order chi connectivity index (χ1) is 15.9. The molecule has 0 unspecified atom stereocenters. The minimum atomic E-state index is -0.946. The van der Waals surface area contributed by atoms with E-state index in [4.69, 9.17) is 9.84 Å². The van der Waals surface area contributed by atoms with Crippen LogP contribution in [0.4, 0.5) is 4.79 Å². The van der Waals surface area contributed by atoms with Crippen molar-refractivity contribution in [2.45, 2.75) is 51.0 Å². The molecule has 2 aliphatic rings. The molecule has 0 bridgehead atoms. The van der Waals surface area contributed by atoms with Gasteiger partial charge < -0.3 is 20.5 Å². The Morgan fingerprint density at radius 3 is 2.21 bits per heavy atom. The normalized spacial score (nSPS) is 16.6. The number of carbonyl (C=O) groups is 3. The molecule has 0 aromatic heterocycles. The summed E-state index contributed by atoms with van der Waals surface area (Å²) in [5, 5.41) is 14.4. The molecule has 4 rings (SSSR count). The van der Waals surface area contributed by atoms with Gasteiger partial charge in [-0.25, -0.2) is 4.79 Å². The smallest absolute Gasteiger partial charge is 0.407 e. The number of carboxylic acids is 1. The lowest BCUT2D eigenvalue weighted by Gasteiger charge is -2.41. The van der Waals surface area contributed by atoms with Gasteiger partial charge in [0.15, 0.2) is 0 Å². The van der Waals surface area contributed by atoms with Crippen LogP contribution in [0.3, 0.4) is 0 Å². The number of carboxylic acid groups (broad SMARTS) is 1. The van der Waals surface area contributed by atoms with E-state index in [9.17, 15) is 14.4 Å². The molecule has 2 aromatic carbocycles. The number of rotatable bonds is 9. The molecule has 2 aliphatic carbocycles. The summed E-state index contributed by atoms with van der Waals surface area (Å²) < 4.78 is 5.60. The molecule has 7 nitrogen and oxygen atoms in total. The maximum Gasteiger partial charge on any atom is 0.407 e. The molecular weight excluding hydrogens is 420 g/mol. The Labute approximate surface area is 193 Å². The molecule has 1 saturated carbocycles. The van der Waals surface area contributed by atoms with E-state index < -0.39 is 18.1 Å². The minimum absolute atomic E-state index is 0.00214. The van der Waals surface area contributed by atoms with Gasteiger partial charge in [-0.2, -0.15) is 0 Å². The van der Waals surface area contributed by atoms with Crippen LogP contribution in [0.15, 0.2) is 48.5 Å². The molecule has 1 atom stereocenters. The number of alkyl carbamates (subject to hydrolysis) is 1. The van der Waals surface area contributed by atoms with Crippen LogP contribution in [-0.2, 0) is 14.3 Å². The van der Waals surface area contributed by atoms with Gasteiger partial charge in [-0.15, -0.1) is 0 Å². The molecule has 0 spiro atoms. The lowest BCUT2D eigenvalue weighted by atomic mass is 9.66. The van der Waals surface area contributed by atoms with Crippen LogP contribution in [0.2, 0.25) is 0 Å². The van der Waals surface area contributed by atoms with Crippen LogP contribution in [0.5, 0.6) is 0 Å². The number of fused-ring (bicyclic) bond motifs is 3. The third-order valence-electron chi connectivity index (χ3n) is 6.79. The second-order valence-corrected chi connectivity index (χ2v) is 9.28. The molecule has 2 aromatic rings. The highest BCUT2D eigenvalue weighted by molar-refractivity contribution is 5.79. The molecule has 0 heterocycles. The SMILES string of the molecule is C[C@H](CC(=O)O)NC(=O)CC1(CNC(=O)OCC2c3ccccc3-c3ccccc32)CCC1. The number of benzene rings is 2. The van der Waals surface area contributed by atoms with E-state index in [0.717, 1.165) is 30.4 Å². The summed E-state index contributed by atoms with van der Waals surface area (Å²) >= 11 is 0. The van der Waals surface area contributed by atoms with Crippen LogP contribution in [0, 0.1) is 5.41 Å². The Kier molecular flexibility index (Phi) is 6.67. The fourth-order valence-corrected chi connectivity index (χ4v) is 4.98. The summed E-state index contributed by atoms with van der Waals surface area (Å²) in [6.45, 7) is 2.29. The van der Waals surface area contributed by atoms with Crippen LogP contribution in [0.1, 0.15) is 56.1 Å². The van der Waals surface area contributed by atoms with Crippen molar-refractivity contribution in [1.82, 2.24) is 10.6 Å². The number of amides is 2. The molecule has 1 fully saturated rings. The maximum absolute atomic E-state index is 12.5. The summed E-state index contributed by atoms with van der Waals surface area (Å²) in [7, 11) is 0. The zero-order valence-corrected chi connectivity index (χ0v) is 18.8. The van der Waals surface area contributed by atoms with Gasteiger partial charge in [0.05, 0.1) is 6.42 Å². The average molecular weight is 451 g/mol. The molecule has 0 aliphatic heterocycles. The highest BCUT2D eigenvalue weighted by atomic mass is 16.5. The first-order valence-corrected chi connectivity index (χ1v) is 11.5. The van der Waals surface area contributed by atoms with Crippen LogP contribution in [0.25, 0.3) is 11.1 Å². The lowest BCUT2D eigenvalue weighted by molar-refractivity contribution is -0.137. The third-order valence-corrected chi connectivity index (χ3v) is 6.79. The van der Waals surface area contributed by atoms with Crippen molar-refractivity contribution >= 4 is 18.0 Å². The molecule has 2 amide bonds. The number of nitrogens with one attached hydrogen (secondary N) is 2. The predicted octanol–water partition coefficient (Wildman–Crippen LogP) is 4.06. The summed E-state index contributed by atoms with van der Waals surface area (Å²) in [6, 6.07) is 15.9. The van der Waals surface area contributed by atoms with E-state index in [0.29, 0.717) is 6.54 Å². The Morgan fingerprint density at radius 1 is 1.06 bits per heavy atom. The van der Waals surface area contributed by atoms with Crippen LogP contribution >= 0.6 is 0 Å². The van der Waals surface area contributed by atoms with Crippen molar-refractivity contribution in [3.63, 3.8) is 0 Å². The van der Waals surface area contributed by atoms with Gasteiger partial charge in [0, 0.05) is 24.9 Å². The Bertz CT molecular complexity index is 1000. The molecule has 0 radical (unpaired) electrons. The quantitative estimate of drug-likeness (QED) is 0.534. The largest absolute Gasteiger partial charge is 0.481 e. The predicted molar refractivity (Wildman–Crippen MR) is 124 cm³/mol. The standard InChI is InChI=1S/C26H30N2O5/c1-17(13-24(30)31)28-23(29)14-26(11-6-12-26)16-27-25(32)33-15-22-20-9-4-2-7-18(20)19-8-3-5-10-21(19)22/h2-5,7-10,17,22H,6,11-16H2,1H3,(H,27,32)(H,28,29)(H,30,31)/t17-/m1/s1. The van der Waals surface area contributed by atoms with Crippen molar-refractivity contribution in [1.29, 1.82) is 0 Å². The first kappa shape index (κ1) is 22.8. The molecule has 33 heavy (non-hydrogen) atoms. The number of hydrogen-bond acceptors (Lipinski definition) is 4. The fourth-order valence-electron chi connectivity index (χ4n) is 4.98. The van der Waals surface area contributed by atoms with Crippen molar-refractivity contribution in [2.24, 2.45) is 5.41 Å². The summed E-state index contributed by atoms with van der Waals surface area (Å²) in [5.41, 5.74) is 4.39. The van der Waals surface area contributed by atoms with E-state index in [1.807, 2.05) is 24.3 Å². The van der Waals surface area contributed by atoms with Crippen LogP contribution < -0.4 is 10.6 Å². The third kappa shape index (κ3) is 5.18. The fraction of sp³-hybridized carbons (Fsp3) is 0.423. The van der Waals surface area contributed by atoms with Crippen molar-refractivity contribution in [3.05, 3.63) is 59.7 Å². The van der Waals surface area contributed by atoms with E-state index in [1.165, 1.54) is 11.1 Å². The highest BCUT2D eigenvalue weighted by Crippen LogP contribution is 2.45. The van der Waals surface area contributed by atoms with Crippen molar-refractivity contribution < 1.29 is 24.2 Å². The zero-order chi connectivity index (χ0) is 23.4. The summed E-state index contributed by atoms with van der Waals surface area (Å²) in [5.74, 6) is -1.13. The van der Waals surface area contributed by atoms with Crippen LogP contribution in [-0.4, -0.2) is 42.3 Å². The zero-order valence-electron chi connectivity index (χ0n) is 18.8. The Balaban J connectivity index is 1.30. The Morgan fingerprint density at radius 2 is 1.67 bits per heavy atom. The molecular formula is C26H30N2O5. The highest BCUT2D eigenvalue weighted by Gasteiger charge is 2.39. The first-order valence-electron chi connectivity index (χ1n) is 11.5. The van der Waals surface area contributed by atoms with Gasteiger partial charge in [-0.05, 0) is 47.4 Å². The number of hydrogen-bond donors (Lipinski definition) is 3. The van der Waals surface area contributed by atoms with E-state index in [2.05, 4.69) is 34.9 Å². The Hall–Kier alpha value is -3.35. The molecule has 174 valence electrons. The summed E-state index contributed by atoms with van der Waals surface area (Å²) in [4.78, 5) is 35.7. The monoisotopic (exact) mass is 450 g/mol. The number of carbonyl (C=O) groups excluding carboxylic acids is 2. The maximum atomic E-state index is 12.5. The van der Waals surface area contributed by atoms with Gasteiger partial charge in [-0.3, -0.25) is 9.59 Å². The number of ether oxygens (including phenoxy) is 1. The van der Waals surface area contributed by atoms with E-state index >= 15 is 0 Å². The van der Waals surface area contributed by atoms with Gasteiger partial charge >= 0.3 is 12.1 Å². The van der Waals surface area contributed by atoms with Gasteiger partial charge in [0.25, 0.3) is 0 Å². The minimum Gasteiger partial charge on any atom is -0.481 e. The van der Waals surface area contributed by atoms with E-state index in [1.54, 1.807) is 6.92 Å². The summed E-state index contributed by atoms with van der Waals surface area (Å²) in [6.07, 6.45) is 2.36. The van der Waals surface area contributed by atoms with Gasteiger partial charge in [0.2, 0.25) is 5.91 Å². The molecule has 0 saturated heterocycles. The molecule has 3 N–H and O–H groups in total. The molecule has 7 heteroatoms. The van der Waals surface area contributed by atoms with Gasteiger partial charge in [0.1, 0.15) is 6.61 Å². The average Bonchev–Trinajstić information content (AvgIpc) is 3.07. The topological polar surface area (TPSA) is 105 Å². The number of aliphatic carboxylic acids is 1.